The summed E-state index contributed by atoms with van der Waals surface area (Å²) in [7, 11) is 0. The molecule has 0 aliphatic carbocycles. The molecule has 0 radical (unpaired) electrons. The SMILES string of the molecule is CCC(CC(=O)O)c1ccc(N(CC)C2CCOCC2)c(Nc2ccc3nncn3c2)c1. The van der Waals surface area contributed by atoms with E-state index in [1.54, 1.807) is 6.33 Å². The molecule has 0 bridgehead atoms. The minimum absolute atomic E-state index is 0.0272. The third-order valence-electron chi connectivity index (χ3n) is 6.26. The Bertz CT molecular complexity index is 1060. The van der Waals surface area contributed by atoms with Crippen LogP contribution >= 0.6 is 0 Å². The fourth-order valence-electron chi connectivity index (χ4n) is 4.55. The average Bonchev–Trinajstić information content (AvgIpc) is 3.27. The molecule has 1 fully saturated rings. The predicted molar refractivity (Wildman–Crippen MR) is 125 cm³/mol. The highest BCUT2D eigenvalue weighted by Crippen LogP contribution is 2.36. The summed E-state index contributed by atoms with van der Waals surface area (Å²) in [5.74, 6) is -0.800. The van der Waals surface area contributed by atoms with Crippen molar-refractivity contribution in [1.29, 1.82) is 0 Å². The predicted octanol–water partition coefficient (Wildman–Crippen LogP) is 4.45. The smallest absolute Gasteiger partial charge is 0.303 e. The van der Waals surface area contributed by atoms with Gasteiger partial charge in [0.2, 0.25) is 0 Å². The fourth-order valence-corrected chi connectivity index (χ4v) is 4.55. The minimum atomic E-state index is -0.772. The molecule has 32 heavy (non-hydrogen) atoms. The van der Waals surface area contributed by atoms with Crippen molar-refractivity contribution in [3.8, 4) is 0 Å². The normalized spacial score (nSPS) is 15.6. The maximum Gasteiger partial charge on any atom is 0.303 e. The molecule has 3 aromatic rings. The number of carboxylic acids is 1. The molecule has 1 aliphatic rings. The molecular formula is C24H31N5O3. The Hall–Kier alpha value is -3.13. The summed E-state index contributed by atoms with van der Waals surface area (Å²) < 4.78 is 7.46. The van der Waals surface area contributed by atoms with Crippen LogP contribution in [-0.2, 0) is 9.53 Å². The maximum absolute atomic E-state index is 11.4. The molecule has 1 aliphatic heterocycles. The number of hydrogen-bond acceptors (Lipinski definition) is 6. The van der Waals surface area contributed by atoms with Crippen molar-refractivity contribution in [3.63, 3.8) is 0 Å². The first-order chi connectivity index (χ1) is 15.6. The first-order valence-corrected chi connectivity index (χ1v) is 11.4. The van der Waals surface area contributed by atoms with Crippen LogP contribution in [0.4, 0.5) is 17.1 Å². The van der Waals surface area contributed by atoms with Gasteiger partial charge in [0.1, 0.15) is 6.33 Å². The molecule has 1 aromatic carbocycles. The lowest BCUT2D eigenvalue weighted by Gasteiger charge is -2.37. The van der Waals surface area contributed by atoms with E-state index in [2.05, 4.69) is 45.5 Å². The number of carboxylic acid groups (broad SMARTS) is 1. The van der Waals surface area contributed by atoms with Gasteiger partial charge in [0.25, 0.3) is 0 Å². The summed E-state index contributed by atoms with van der Waals surface area (Å²) >= 11 is 0. The zero-order chi connectivity index (χ0) is 22.5. The van der Waals surface area contributed by atoms with Crippen molar-refractivity contribution in [2.75, 3.05) is 30.0 Å². The Balaban J connectivity index is 1.72. The summed E-state index contributed by atoms with van der Waals surface area (Å²) in [4.78, 5) is 13.8. The van der Waals surface area contributed by atoms with Gasteiger partial charge in [-0.05, 0) is 61.9 Å². The van der Waals surface area contributed by atoms with Gasteiger partial charge in [0, 0.05) is 32.0 Å². The van der Waals surface area contributed by atoms with Crippen molar-refractivity contribution in [2.24, 2.45) is 0 Å². The third kappa shape index (κ3) is 4.85. The van der Waals surface area contributed by atoms with E-state index in [-0.39, 0.29) is 12.3 Å². The van der Waals surface area contributed by atoms with Gasteiger partial charge in [-0.2, -0.15) is 0 Å². The topological polar surface area (TPSA) is 92.0 Å². The fraction of sp³-hybridized carbons (Fsp3) is 0.458. The summed E-state index contributed by atoms with van der Waals surface area (Å²) in [5, 5.41) is 21.0. The van der Waals surface area contributed by atoms with Crippen LogP contribution in [0.5, 0.6) is 0 Å². The van der Waals surface area contributed by atoms with Crippen LogP contribution in [0.25, 0.3) is 5.65 Å². The number of fused-ring (bicyclic) bond motifs is 1. The summed E-state index contributed by atoms with van der Waals surface area (Å²) in [5.41, 5.74) is 4.85. The molecule has 1 atom stereocenters. The number of rotatable bonds is 9. The highest BCUT2D eigenvalue weighted by atomic mass is 16.5. The largest absolute Gasteiger partial charge is 0.481 e. The van der Waals surface area contributed by atoms with Gasteiger partial charge in [-0.25, -0.2) is 0 Å². The zero-order valence-electron chi connectivity index (χ0n) is 18.7. The molecule has 1 saturated heterocycles. The Labute approximate surface area is 188 Å². The molecule has 8 nitrogen and oxygen atoms in total. The van der Waals surface area contributed by atoms with E-state index in [9.17, 15) is 9.90 Å². The molecule has 2 N–H and O–H groups in total. The number of aliphatic carboxylic acids is 1. The lowest BCUT2D eigenvalue weighted by molar-refractivity contribution is -0.137. The van der Waals surface area contributed by atoms with Gasteiger partial charge in [0.05, 0.1) is 23.5 Å². The van der Waals surface area contributed by atoms with Crippen molar-refractivity contribution < 1.29 is 14.6 Å². The molecular weight excluding hydrogens is 406 g/mol. The number of nitrogens with zero attached hydrogens (tertiary/aromatic N) is 4. The lowest BCUT2D eigenvalue weighted by atomic mass is 9.92. The lowest BCUT2D eigenvalue weighted by Crippen LogP contribution is -2.39. The first kappa shape index (κ1) is 22.1. The number of carbonyl (C=O) groups is 1. The van der Waals surface area contributed by atoms with Crippen molar-refractivity contribution in [2.45, 2.75) is 51.5 Å². The number of pyridine rings is 1. The van der Waals surface area contributed by atoms with Gasteiger partial charge < -0.3 is 20.1 Å². The van der Waals surface area contributed by atoms with E-state index in [1.165, 1.54) is 0 Å². The second-order valence-electron chi connectivity index (χ2n) is 8.25. The van der Waals surface area contributed by atoms with Crippen molar-refractivity contribution in [1.82, 2.24) is 14.6 Å². The Morgan fingerprint density at radius 3 is 2.81 bits per heavy atom. The summed E-state index contributed by atoms with van der Waals surface area (Å²) in [6.45, 7) is 6.66. The van der Waals surface area contributed by atoms with E-state index in [1.807, 2.05) is 29.7 Å². The maximum atomic E-state index is 11.4. The number of anilines is 3. The molecule has 3 heterocycles. The first-order valence-electron chi connectivity index (χ1n) is 11.4. The minimum Gasteiger partial charge on any atom is -0.481 e. The van der Waals surface area contributed by atoms with Gasteiger partial charge in [-0.3, -0.25) is 9.20 Å². The van der Waals surface area contributed by atoms with Crippen LogP contribution in [0, 0.1) is 0 Å². The molecule has 4 rings (SSSR count). The molecule has 2 aromatic heterocycles. The Morgan fingerprint density at radius 2 is 2.09 bits per heavy atom. The van der Waals surface area contributed by atoms with Gasteiger partial charge in [-0.15, -0.1) is 10.2 Å². The van der Waals surface area contributed by atoms with Gasteiger partial charge in [0.15, 0.2) is 5.65 Å². The number of nitrogens with one attached hydrogen (secondary N) is 1. The molecule has 170 valence electrons. The second-order valence-corrected chi connectivity index (χ2v) is 8.25. The number of hydrogen-bond donors (Lipinski definition) is 2. The van der Waals surface area contributed by atoms with Crippen molar-refractivity contribution in [3.05, 3.63) is 48.4 Å². The molecule has 0 amide bonds. The third-order valence-corrected chi connectivity index (χ3v) is 6.26. The zero-order valence-corrected chi connectivity index (χ0v) is 18.7. The highest BCUT2D eigenvalue weighted by molar-refractivity contribution is 5.77. The number of benzene rings is 1. The number of aromatic nitrogens is 3. The monoisotopic (exact) mass is 437 g/mol. The quantitative estimate of drug-likeness (QED) is 0.511. The van der Waals surface area contributed by atoms with E-state index in [4.69, 9.17) is 4.74 Å². The molecule has 0 spiro atoms. The molecule has 8 heteroatoms. The van der Waals surface area contributed by atoms with Crippen LogP contribution in [0.3, 0.4) is 0 Å². The highest BCUT2D eigenvalue weighted by Gasteiger charge is 2.24. The Kier molecular flexibility index (Phi) is 6.90. The van der Waals surface area contributed by atoms with E-state index in [0.29, 0.717) is 6.04 Å². The second kappa shape index (κ2) is 9.99. The standard InChI is InChI=1S/C24H31N5O3/c1-3-17(14-24(30)31)18-5-7-22(29(4-2)20-9-11-32-12-10-20)21(13-18)26-19-6-8-23-27-25-16-28(23)15-19/h5-8,13,15-17,20,26H,3-4,9-12,14H2,1-2H3,(H,30,31). The van der Waals surface area contributed by atoms with E-state index in [0.717, 1.165) is 67.3 Å². The van der Waals surface area contributed by atoms with Crippen LogP contribution < -0.4 is 10.2 Å². The summed E-state index contributed by atoms with van der Waals surface area (Å²) in [6.07, 6.45) is 6.54. The Morgan fingerprint density at radius 1 is 1.28 bits per heavy atom. The number of ether oxygens (including phenoxy) is 1. The van der Waals surface area contributed by atoms with Gasteiger partial charge >= 0.3 is 5.97 Å². The van der Waals surface area contributed by atoms with E-state index >= 15 is 0 Å². The van der Waals surface area contributed by atoms with Crippen LogP contribution in [0.2, 0.25) is 0 Å². The molecule has 1 unspecified atom stereocenters. The van der Waals surface area contributed by atoms with E-state index < -0.39 is 5.97 Å². The van der Waals surface area contributed by atoms with Crippen LogP contribution in [0.15, 0.2) is 42.9 Å². The molecule has 0 saturated carbocycles. The van der Waals surface area contributed by atoms with Gasteiger partial charge in [-0.1, -0.05) is 13.0 Å². The van der Waals surface area contributed by atoms with Crippen molar-refractivity contribution >= 4 is 28.7 Å². The summed E-state index contributed by atoms with van der Waals surface area (Å²) in [6, 6.07) is 10.7. The average molecular weight is 438 g/mol. The van der Waals surface area contributed by atoms with Crippen LogP contribution in [-0.4, -0.2) is 51.5 Å². The van der Waals surface area contributed by atoms with Crippen LogP contribution in [0.1, 0.15) is 51.0 Å².